The molecule has 3 heterocycles. The van der Waals surface area contributed by atoms with Gasteiger partial charge in [0.2, 0.25) is 0 Å². The van der Waals surface area contributed by atoms with Crippen LogP contribution in [0, 0.1) is 32.2 Å². The zero-order valence-corrected chi connectivity index (χ0v) is 44.8. The molecule has 3 aromatic heterocycles. The molecule has 74 heavy (non-hydrogen) atoms. The fraction of sp³-hybridized carbons (Fsp3) is 0.206. The van der Waals surface area contributed by atoms with Gasteiger partial charge in [-0.2, -0.15) is 18.2 Å². The van der Waals surface area contributed by atoms with Gasteiger partial charge in [0.05, 0.1) is 30.4 Å². The Balaban J connectivity index is 0.00000891. The Morgan fingerprint density at radius 2 is 1.28 bits per heavy atom. The first-order valence-electron chi connectivity index (χ1n) is 32.1. The SMILES string of the molecule is [2H]c1c([2H])c([2H])c(-c2ccc3c(c2)n(-c2[c-]c(Oc4[c-]c5c(cc4)c4ccccc4n5-c4cc(C([2H])([2H])[2H])c(-c5c([2H])c([2H])c([2H])c([2H])c5[2H])cn4)ccc2)[c-][n+]3-c2c(-c3cc(C(C)(C)C)cc(C(C)(C)C)c3)cc(C([2H])([2H])[2H])cc2C(C)(C)C)c([2H])c1[2H].[Pt]. The third kappa shape index (κ3) is 9.44. The molecule has 0 aliphatic carbocycles. The molecule has 0 saturated carbocycles. The largest absolute Gasteiger partial charge is 0.510 e. The normalized spacial score (nSPS) is 15.6. The van der Waals surface area contributed by atoms with Crippen LogP contribution in [0.5, 0.6) is 11.5 Å². The van der Waals surface area contributed by atoms with Crippen LogP contribution in [-0.2, 0) is 37.3 Å². The fourth-order valence-electron chi connectivity index (χ4n) is 9.39. The maximum atomic E-state index is 9.02. The maximum absolute atomic E-state index is 9.02. The summed E-state index contributed by atoms with van der Waals surface area (Å²) in [5.41, 5.74) is 5.89. The van der Waals surface area contributed by atoms with E-state index in [1.54, 1.807) is 63.7 Å². The Hall–Kier alpha value is -7.33. The quantitative estimate of drug-likeness (QED) is 0.112. The zero-order chi connectivity index (χ0) is 64.7. The molecule has 0 bridgehead atoms. The van der Waals surface area contributed by atoms with E-state index in [4.69, 9.17) is 31.7 Å². The zero-order valence-electron chi connectivity index (χ0n) is 58.5. The van der Waals surface area contributed by atoms with Crippen LogP contribution < -0.4 is 9.30 Å². The van der Waals surface area contributed by atoms with E-state index in [0.29, 0.717) is 55.5 Å². The van der Waals surface area contributed by atoms with E-state index in [1.165, 1.54) is 12.3 Å². The van der Waals surface area contributed by atoms with Crippen molar-refractivity contribution in [2.75, 3.05) is 0 Å². The van der Waals surface area contributed by atoms with E-state index < -0.39 is 67.5 Å². The van der Waals surface area contributed by atoms with Crippen molar-refractivity contribution in [1.82, 2.24) is 14.1 Å². The van der Waals surface area contributed by atoms with Gasteiger partial charge in [-0.05, 0) is 109 Å². The van der Waals surface area contributed by atoms with Crippen molar-refractivity contribution in [3.63, 3.8) is 0 Å². The molecule has 0 spiro atoms. The third-order valence-corrected chi connectivity index (χ3v) is 13.2. The molecule has 0 atom stereocenters. The van der Waals surface area contributed by atoms with E-state index >= 15 is 0 Å². The van der Waals surface area contributed by atoms with Gasteiger partial charge in [-0.15, -0.1) is 29.7 Å². The molecule has 5 nitrogen and oxygen atoms in total. The van der Waals surface area contributed by atoms with Gasteiger partial charge in [-0.1, -0.05) is 194 Å². The Labute approximate surface area is 473 Å². The molecular formula is C68H62N4OPt-2. The number of fused-ring (bicyclic) bond motifs is 4. The third-order valence-electron chi connectivity index (χ3n) is 13.2. The first-order valence-corrected chi connectivity index (χ1v) is 24.1. The Morgan fingerprint density at radius 1 is 0.581 bits per heavy atom. The van der Waals surface area contributed by atoms with Gasteiger partial charge in [0.25, 0.3) is 6.33 Å². The molecule has 0 fully saturated rings. The van der Waals surface area contributed by atoms with Crippen LogP contribution in [0.25, 0.3) is 83.4 Å². The number of para-hydroxylation sites is 1. The van der Waals surface area contributed by atoms with Gasteiger partial charge in [-0.3, -0.25) is 4.57 Å². The second-order valence-corrected chi connectivity index (χ2v) is 21.5. The molecule has 6 heteroatoms. The molecule has 0 N–H and O–H groups in total. The van der Waals surface area contributed by atoms with Crippen molar-refractivity contribution >= 4 is 32.8 Å². The number of ether oxygens (including phenoxy) is 1. The number of aromatic nitrogens is 4. The van der Waals surface area contributed by atoms with Crippen molar-refractivity contribution in [3.05, 3.63) is 222 Å². The maximum Gasteiger partial charge on any atom is 0.268 e. The molecule has 8 aromatic carbocycles. The van der Waals surface area contributed by atoms with E-state index in [9.17, 15) is 0 Å². The second kappa shape index (κ2) is 19.2. The van der Waals surface area contributed by atoms with Crippen LogP contribution in [0.4, 0.5) is 0 Å². The average Bonchev–Trinajstić information content (AvgIpc) is 1.43. The van der Waals surface area contributed by atoms with E-state index in [-0.39, 0.29) is 89.1 Å². The summed E-state index contributed by atoms with van der Waals surface area (Å²) >= 11 is 0. The molecular weight excluding hydrogens is 1080 g/mol. The van der Waals surface area contributed by atoms with E-state index in [2.05, 4.69) is 78.2 Å². The fourth-order valence-corrected chi connectivity index (χ4v) is 9.39. The molecule has 0 amide bonds. The molecule has 0 saturated heterocycles. The summed E-state index contributed by atoms with van der Waals surface area (Å²) in [4.78, 5) is 4.70. The Kier molecular flexibility index (Phi) is 8.87. The topological polar surface area (TPSA) is 35.9 Å². The summed E-state index contributed by atoms with van der Waals surface area (Å²) in [5, 5.41) is 1.49. The molecule has 11 aromatic rings. The number of hydrogen-bond acceptors (Lipinski definition) is 2. The van der Waals surface area contributed by atoms with Crippen LogP contribution in [-0.4, -0.2) is 14.1 Å². The number of aryl methyl sites for hydroxylation is 2. The molecule has 0 aliphatic heterocycles. The van der Waals surface area contributed by atoms with Crippen LogP contribution in [0.15, 0.2) is 176 Å². The van der Waals surface area contributed by atoms with Gasteiger partial charge in [0.1, 0.15) is 5.82 Å². The smallest absolute Gasteiger partial charge is 0.268 e. The number of pyridine rings is 1. The molecule has 11 rings (SSSR count). The predicted octanol–water partition coefficient (Wildman–Crippen LogP) is 17.1. The molecule has 0 unspecified atom stereocenters. The minimum Gasteiger partial charge on any atom is -0.510 e. The van der Waals surface area contributed by atoms with Crippen molar-refractivity contribution < 1.29 is 52.3 Å². The van der Waals surface area contributed by atoms with Crippen molar-refractivity contribution in [1.29, 1.82) is 0 Å². The van der Waals surface area contributed by atoms with Gasteiger partial charge >= 0.3 is 0 Å². The minimum absolute atomic E-state index is 0. The second-order valence-electron chi connectivity index (χ2n) is 21.5. The number of nitrogens with zero attached hydrogens (tertiary/aromatic N) is 4. The molecule has 0 radical (unpaired) electrons. The Morgan fingerprint density at radius 3 is 1.97 bits per heavy atom. The summed E-state index contributed by atoms with van der Waals surface area (Å²) in [6.45, 7) is 13.6. The molecule has 0 aliphatic rings. The summed E-state index contributed by atoms with van der Waals surface area (Å²) in [7, 11) is 0. The van der Waals surface area contributed by atoms with E-state index in [1.807, 2.05) is 55.7 Å². The summed E-state index contributed by atoms with van der Waals surface area (Å²) in [6.07, 6.45) is 4.85. The van der Waals surface area contributed by atoms with Crippen molar-refractivity contribution in [3.8, 4) is 62.1 Å². The van der Waals surface area contributed by atoms with Gasteiger partial charge in [-0.25, -0.2) is 4.98 Å². The summed E-state index contributed by atoms with van der Waals surface area (Å²) in [5.74, 6) is 0.596. The first kappa shape index (κ1) is 34.2. The summed E-state index contributed by atoms with van der Waals surface area (Å²) < 4.78 is 150. The number of hydrogen-bond donors (Lipinski definition) is 0. The van der Waals surface area contributed by atoms with Crippen LogP contribution in [0.2, 0.25) is 0 Å². The van der Waals surface area contributed by atoms with Crippen LogP contribution in [0.3, 0.4) is 0 Å². The van der Waals surface area contributed by atoms with Crippen LogP contribution >= 0.6 is 0 Å². The van der Waals surface area contributed by atoms with E-state index in [0.717, 1.165) is 22.1 Å². The predicted molar refractivity (Wildman–Crippen MR) is 302 cm³/mol. The van der Waals surface area contributed by atoms with Crippen LogP contribution in [0.1, 0.15) is 112 Å². The Bertz CT molecular complexity index is 4660. The number of imidazole rings is 1. The standard InChI is InChI=1S/C68H62N4O.Pt/c1-44-33-57(49-36-50(66(3,4)5)39-51(37-49)67(6,7)8)65(59(34-44)68(9,10)11)71-43-70(63-38-48(29-32-61(63)71)46-21-14-12-15-22-46)52-25-20-26-53(40-52)73-54-30-31-56-55-27-18-19-28-60(55)72(62(56)41-54)64-35-45(2)58(42-69-64)47-23-16-13-17-24-47;/h12-39,42H,1-11H3;/q-2;/i1D3,2D3,12D,13D,14D,15D,16D,17D,21D,22D,23D,24D;. The minimum atomic E-state index is -2.83. The first-order chi connectivity index (χ1) is 41.4. The molecule has 372 valence electrons. The monoisotopic (exact) mass is 1160 g/mol. The number of benzene rings is 8. The van der Waals surface area contributed by atoms with Crippen molar-refractivity contribution in [2.45, 2.75) is 92.3 Å². The van der Waals surface area contributed by atoms with Gasteiger partial charge in [0, 0.05) is 58.1 Å². The number of rotatable bonds is 8. The summed E-state index contributed by atoms with van der Waals surface area (Å²) in [6, 6.07) is 34.4. The van der Waals surface area contributed by atoms with Gasteiger partial charge in [0.15, 0.2) is 0 Å². The average molecular weight is 1160 g/mol. The van der Waals surface area contributed by atoms with Crippen molar-refractivity contribution in [2.24, 2.45) is 0 Å². The van der Waals surface area contributed by atoms with Gasteiger partial charge < -0.3 is 13.9 Å².